The SMILES string of the molecule is COC(=O)C[C@H](O)[C@@H]1O[C@@H](c2ccccc2)[C@@H](O)[C@H]1O. The van der Waals surface area contributed by atoms with Crippen LogP contribution in [0.1, 0.15) is 18.1 Å². The van der Waals surface area contributed by atoms with Gasteiger partial charge >= 0.3 is 5.97 Å². The lowest BCUT2D eigenvalue weighted by atomic mass is 9.99. The summed E-state index contributed by atoms with van der Waals surface area (Å²) >= 11 is 0. The van der Waals surface area contributed by atoms with Crippen LogP contribution in [0.2, 0.25) is 0 Å². The minimum atomic E-state index is -1.26. The van der Waals surface area contributed by atoms with Gasteiger partial charge in [-0.1, -0.05) is 30.3 Å². The molecule has 1 heterocycles. The molecule has 1 aromatic carbocycles. The van der Waals surface area contributed by atoms with Crippen LogP contribution < -0.4 is 0 Å². The van der Waals surface area contributed by atoms with Gasteiger partial charge in [0.25, 0.3) is 0 Å². The number of aliphatic hydroxyl groups is 3. The summed E-state index contributed by atoms with van der Waals surface area (Å²) in [6.45, 7) is 0. The van der Waals surface area contributed by atoms with Gasteiger partial charge in [-0.05, 0) is 5.56 Å². The summed E-state index contributed by atoms with van der Waals surface area (Å²) in [5.74, 6) is -0.606. The Bertz CT molecular complexity index is 448. The molecule has 0 aromatic heterocycles. The first-order valence-electron chi connectivity index (χ1n) is 6.36. The average molecular weight is 282 g/mol. The van der Waals surface area contributed by atoms with Crippen LogP contribution in [0.15, 0.2) is 30.3 Å². The number of rotatable bonds is 4. The highest BCUT2D eigenvalue weighted by molar-refractivity contribution is 5.69. The van der Waals surface area contributed by atoms with Crippen LogP contribution in [0, 0.1) is 0 Å². The van der Waals surface area contributed by atoms with Crippen molar-refractivity contribution in [2.45, 2.75) is 36.9 Å². The minimum Gasteiger partial charge on any atom is -0.469 e. The topological polar surface area (TPSA) is 96.2 Å². The van der Waals surface area contributed by atoms with Gasteiger partial charge in [0.15, 0.2) is 0 Å². The largest absolute Gasteiger partial charge is 0.469 e. The summed E-state index contributed by atoms with van der Waals surface area (Å²) in [5.41, 5.74) is 0.701. The van der Waals surface area contributed by atoms with E-state index in [-0.39, 0.29) is 6.42 Å². The standard InChI is InChI=1S/C14H18O6/c1-19-10(16)7-9(15)14-12(18)11(17)13(20-14)8-5-3-2-4-6-8/h2-6,9,11-15,17-18H,7H2,1H3/t9-,11-,12+,13-,14-/m0/s1. The Balaban J connectivity index is 2.09. The monoisotopic (exact) mass is 282 g/mol. The minimum absolute atomic E-state index is 0.299. The molecular weight excluding hydrogens is 264 g/mol. The predicted octanol–water partition coefficient (Wildman–Crippen LogP) is -0.228. The lowest BCUT2D eigenvalue weighted by Gasteiger charge is -2.20. The fourth-order valence-electron chi connectivity index (χ4n) is 2.31. The van der Waals surface area contributed by atoms with E-state index in [1.807, 2.05) is 6.07 Å². The van der Waals surface area contributed by atoms with Crippen molar-refractivity contribution in [1.82, 2.24) is 0 Å². The Hall–Kier alpha value is -1.47. The Morgan fingerprint density at radius 2 is 1.95 bits per heavy atom. The summed E-state index contributed by atoms with van der Waals surface area (Å²) < 4.78 is 9.98. The van der Waals surface area contributed by atoms with E-state index in [1.54, 1.807) is 24.3 Å². The second-order valence-electron chi connectivity index (χ2n) is 4.76. The molecule has 0 saturated carbocycles. The van der Waals surface area contributed by atoms with Gasteiger partial charge in [0.1, 0.15) is 24.4 Å². The van der Waals surface area contributed by atoms with Gasteiger partial charge in [-0.25, -0.2) is 0 Å². The molecule has 3 N–H and O–H groups in total. The highest BCUT2D eigenvalue weighted by Crippen LogP contribution is 2.35. The van der Waals surface area contributed by atoms with Crippen LogP contribution in [-0.2, 0) is 14.3 Å². The molecule has 0 amide bonds. The van der Waals surface area contributed by atoms with E-state index in [4.69, 9.17) is 4.74 Å². The Morgan fingerprint density at radius 3 is 2.55 bits per heavy atom. The summed E-state index contributed by atoms with van der Waals surface area (Å²) in [6, 6.07) is 8.92. The van der Waals surface area contributed by atoms with Gasteiger partial charge in [-0.2, -0.15) is 0 Å². The molecule has 20 heavy (non-hydrogen) atoms. The zero-order valence-electron chi connectivity index (χ0n) is 11.0. The van der Waals surface area contributed by atoms with Gasteiger partial charge < -0.3 is 24.8 Å². The maximum absolute atomic E-state index is 11.1. The molecule has 1 aliphatic rings. The number of hydrogen-bond donors (Lipinski definition) is 3. The number of ether oxygens (including phenoxy) is 2. The van der Waals surface area contributed by atoms with E-state index >= 15 is 0 Å². The molecule has 0 radical (unpaired) electrons. The van der Waals surface area contributed by atoms with Gasteiger partial charge in [0.05, 0.1) is 19.6 Å². The molecule has 1 saturated heterocycles. The van der Waals surface area contributed by atoms with E-state index in [0.29, 0.717) is 5.56 Å². The van der Waals surface area contributed by atoms with Gasteiger partial charge in [-0.3, -0.25) is 4.79 Å². The second-order valence-corrected chi connectivity index (χ2v) is 4.76. The van der Waals surface area contributed by atoms with Crippen molar-refractivity contribution in [1.29, 1.82) is 0 Å². The fraction of sp³-hybridized carbons (Fsp3) is 0.500. The van der Waals surface area contributed by atoms with E-state index in [0.717, 1.165) is 0 Å². The highest BCUT2D eigenvalue weighted by atomic mass is 16.6. The van der Waals surface area contributed by atoms with E-state index in [9.17, 15) is 20.1 Å². The number of hydrogen-bond acceptors (Lipinski definition) is 6. The molecule has 1 aromatic rings. The zero-order chi connectivity index (χ0) is 14.7. The van der Waals surface area contributed by atoms with Crippen LogP contribution >= 0.6 is 0 Å². The quantitative estimate of drug-likeness (QED) is 0.660. The molecule has 1 fully saturated rings. The van der Waals surface area contributed by atoms with Crippen LogP contribution in [-0.4, -0.2) is 52.8 Å². The molecule has 5 atom stereocenters. The van der Waals surface area contributed by atoms with Crippen LogP contribution in [0.25, 0.3) is 0 Å². The zero-order valence-corrected chi connectivity index (χ0v) is 11.0. The molecule has 1 aliphatic heterocycles. The molecule has 2 rings (SSSR count). The van der Waals surface area contributed by atoms with Crippen LogP contribution in [0.4, 0.5) is 0 Å². The molecule has 0 aliphatic carbocycles. The highest BCUT2D eigenvalue weighted by Gasteiger charge is 2.46. The summed E-state index contributed by atoms with van der Waals surface area (Å²) in [7, 11) is 1.21. The lowest BCUT2D eigenvalue weighted by Crippen LogP contribution is -2.39. The second kappa shape index (κ2) is 6.32. The molecule has 0 spiro atoms. The normalized spacial score (nSPS) is 31.0. The van der Waals surface area contributed by atoms with Crippen molar-refractivity contribution >= 4 is 5.97 Å². The van der Waals surface area contributed by atoms with Crippen molar-refractivity contribution in [3.8, 4) is 0 Å². The maximum atomic E-state index is 11.1. The van der Waals surface area contributed by atoms with Crippen molar-refractivity contribution in [3.63, 3.8) is 0 Å². The first-order chi connectivity index (χ1) is 9.54. The Morgan fingerprint density at radius 1 is 1.30 bits per heavy atom. The van der Waals surface area contributed by atoms with Gasteiger partial charge in [0, 0.05) is 0 Å². The molecule has 0 unspecified atom stereocenters. The predicted molar refractivity (Wildman–Crippen MR) is 68.7 cm³/mol. The van der Waals surface area contributed by atoms with Crippen molar-refractivity contribution in [2.24, 2.45) is 0 Å². The maximum Gasteiger partial charge on any atom is 0.308 e. The number of benzene rings is 1. The van der Waals surface area contributed by atoms with E-state index < -0.39 is 36.5 Å². The molecular formula is C14H18O6. The molecule has 0 bridgehead atoms. The van der Waals surface area contributed by atoms with Crippen molar-refractivity contribution in [3.05, 3.63) is 35.9 Å². The third-order valence-corrected chi connectivity index (χ3v) is 3.41. The summed E-state index contributed by atoms with van der Waals surface area (Å²) in [6.07, 6.45) is -5.72. The molecule has 6 heteroatoms. The van der Waals surface area contributed by atoms with Crippen molar-refractivity contribution in [2.75, 3.05) is 7.11 Å². The average Bonchev–Trinajstić information content (AvgIpc) is 2.76. The first-order valence-corrected chi connectivity index (χ1v) is 6.36. The Labute approximate surface area is 116 Å². The van der Waals surface area contributed by atoms with E-state index in [1.165, 1.54) is 7.11 Å². The smallest absolute Gasteiger partial charge is 0.308 e. The first kappa shape index (κ1) is 14.9. The van der Waals surface area contributed by atoms with Crippen LogP contribution in [0.5, 0.6) is 0 Å². The number of esters is 1. The number of carbonyl (C=O) groups excluding carboxylic acids is 1. The van der Waals surface area contributed by atoms with Gasteiger partial charge in [0.2, 0.25) is 0 Å². The lowest BCUT2D eigenvalue weighted by molar-refractivity contribution is -0.146. The van der Waals surface area contributed by atoms with Gasteiger partial charge in [-0.15, -0.1) is 0 Å². The number of aliphatic hydroxyl groups excluding tert-OH is 3. The summed E-state index contributed by atoms with van der Waals surface area (Å²) in [5, 5.41) is 29.9. The number of methoxy groups -OCH3 is 1. The summed E-state index contributed by atoms with van der Waals surface area (Å²) in [4.78, 5) is 11.1. The Kier molecular flexibility index (Phi) is 4.72. The van der Waals surface area contributed by atoms with E-state index in [2.05, 4.69) is 4.74 Å². The number of carbonyl (C=O) groups is 1. The van der Waals surface area contributed by atoms with Crippen molar-refractivity contribution < 1.29 is 29.6 Å². The third-order valence-electron chi connectivity index (χ3n) is 3.41. The molecule has 6 nitrogen and oxygen atoms in total. The third kappa shape index (κ3) is 2.99. The molecule has 110 valence electrons. The fourth-order valence-corrected chi connectivity index (χ4v) is 2.31. The van der Waals surface area contributed by atoms with Crippen LogP contribution in [0.3, 0.4) is 0 Å².